The Labute approximate surface area is 214 Å². The number of nitrogens with zero attached hydrogens (tertiary/aromatic N) is 2. The molecule has 0 atom stereocenters. The highest BCUT2D eigenvalue weighted by molar-refractivity contribution is 6.18. The molecular weight excluding hydrogens is 483 g/mol. The van der Waals surface area contributed by atoms with Gasteiger partial charge < -0.3 is 20.3 Å². The number of hydrogen-bond acceptors (Lipinski definition) is 4. The van der Waals surface area contributed by atoms with Gasteiger partial charge in [-0.15, -0.1) is 23.2 Å². The van der Waals surface area contributed by atoms with Crippen LogP contribution in [0.1, 0.15) is 0 Å². The molecule has 4 aromatic rings. The molecule has 4 rings (SSSR count). The lowest BCUT2D eigenvalue weighted by Gasteiger charge is -2.23. The van der Waals surface area contributed by atoms with Gasteiger partial charge in [0.1, 0.15) is 5.75 Å². The van der Waals surface area contributed by atoms with Crippen LogP contribution >= 0.6 is 23.2 Å². The standard InChI is InChI=1S/C27H26Cl2N4O2/c1-35-22-12-6-19(7-13-22)25-18-26(23-4-2-3-5-24(23)31-25)32-27(34)30-20-8-10-21(11-9-20)33(16-14-28)17-15-29/h2-13,18H,14-17H2,1H3,(H2,30,31,32,34). The van der Waals surface area contributed by atoms with Crippen molar-refractivity contribution < 1.29 is 9.53 Å². The van der Waals surface area contributed by atoms with Crippen molar-refractivity contribution in [3.05, 3.63) is 78.9 Å². The molecule has 2 amide bonds. The molecule has 6 nitrogen and oxygen atoms in total. The number of fused-ring (bicyclic) bond motifs is 1. The van der Waals surface area contributed by atoms with Gasteiger partial charge >= 0.3 is 6.03 Å². The lowest BCUT2D eigenvalue weighted by atomic mass is 10.1. The first-order valence-electron chi connectivity index (χ1n) is 11.2. The number of anilines is 3. The van der Waals surface area contributed by atoms with Crippen molar-refractivity contribution >= 4 is 57.2 Å². The minimum Gasteiger partial charge on any atom is -0.497 e. The smallest absolute Gasteiger partial charge is 0.323 e. The Balaban J connectivity index is 1.54. The molecule has 0 saturated heterocycles. The van der Waals surface area contributed by atoms with Crippen LogP contribution in [-0.2, 0) is 0 Å². The van der Waals surface area contributed by atoms with Crippen LogP contribution in [0.25, 0.3) is 22.2 Å². The lowest BCUT2D eigenvalue weighted by Crippen LogP contribution is -2.27. The number of methoxy groups -OCH3 is 1. The molecule has 8 heteroatoms. The second-order valence-corrected chi connectivity index (χ2v) is 8.55. The van der Waals surface area contributed by atoms with Crippen molar-refractivity contribution in [1.29, 1.82) is 0 Å². The van der Waals surface area contributed by atoms with Gasteiger partial charge in [0.15, 0.2) is 0 Å². The molecule has 2 N–H and O–H groups in total. The number of carbonyl (C=O) groups is 1. The first-order chi connectivity index (χ1) is 17.1. The third-order valence-corrected chi connectivity index (χ3v) is 5.89. The van der Waals surface area contributed by atoms with Crippen LogP contribution < -0.4 is 20.3 Å². The fourth-order valence-corrected chi connectivity index (χ4v) is 4.21. The average molecular weight is 509 g/mol. The Hall–Kier alpha value is -3.48. The number of amides is 2. The van der Waals surface area contributed by atoms with Crippen molar-refractivity contribution in [2.24, 2.45) is 0 Å². The van der Waals surface area contributed by atoms with E-state index in [1.165, 1.54) is 0 Å². The van der Waals surface area contributed by atoms with Gasteiger partial charge in [-0.25, -0.2) is 9.78 Å². The zero-order chi connectivity index (χ0) is 24.6. The van der Waals surface area contributed by atoms with Gasteiger partial charge in [0.2, 0.25) is 0 Å². The number of alkyl halides is 2. The van der Waals surface area contributed by atoms with Gasteiger partial charge in [-0.2, -0.15) is 0 Å². The maximum absolute atomic E-state index is 12.9. The predicted molar refractivity (Wildman–Crippen MR) is 146 cm³/mol. The van der Waals surface area contributed by atoms with Crippen molar-refractivity contribution in [2.45, 2.75) is 0 Å². The van der Waals surface area contributed by atoms with Gasteiger partial charge in [-0.05, 0) is 60.7 Å². The summed E-state index contributed by atoms with van der Waals surface area (Å²) in [5.41, 5.74) is 4.82. The Morgan fingerprint density at radius 3 is 2.26 bits per heavy atom. The summed E-state index contributed by atoms with van der Waals surface area (Å²) in [5, 5.41) is 6.74. The van der Waals surface area contributed by atoms with Crippen LogP contribution in [0.15, 0.2) is 78.9 Å². The summed E-state index contributed by atoms with van der Waals surface area (Å²) < 4.78 is 5.25. The third-order valence-electron chi connectivity index (χ3n) is 5.55. The van der Waals surface area contributed by atoms with E-state index >= 15 is 0 Å². The molecule has 0 bridgehead atoms. The number of para-hydroxylation sites is 1. The van der Waals surface area contributed by atoms with E-state index in [0.717, 1.165) is 33.6 Å². The highest BCUT2D eigenvalue weighted by atomic mass is 35.5. The minimum absolute atomic E-state index is 0.340. The van der Waals surface area contributed by atoms with E-state index in [9.17, 15) is 4.79 Å². The van der Waals surface area contributed by atoms with Gasteiger partial charge in [0, 0.05) is 47.2 Å². The SMILES string of the molecule is COc1ccc(-c2cc(NC(=O)Nc3ccc(N(CCCl)CCCl)cc3)c3ccccc3n2)cc1. The number of carbonyl (C=O) groups excluding carboxylic acids is 1. The quantitative estimate of drug-likeness (QED) is 0.243. The van der Waals surface area contributed by atoms with Crippen molar-refractivity contribution in [3.8, 4) is 17.0 Å². The van der Waals surface area contributed by atoms with Gasteiger partial charge in [0.05, 0.1) is 24.0 Å². The zero-order valence-electron chi connectivity index (χ0n) is 19.3. The van der Waals surface area contributed by atoms with Crippen molar-refractivity contribution in [1.82, 2.24) is 4.98 Å². The average Bonchev–Trinajstić information content (AvgIpc) is 2.89. The number of aromatic nitrogens is 1. The molecule has 0 aliphatic heterocycles. The van der Waals surface area contributed by atoms with E-state index in [1.807, 2.05) is 78.9 Å². The van der Waals surface area contributed by atoms with E-state index in [1.54, 1.807) is 7.11 Å². The highest BCUT2D eigenvalue weighted by Crippen LogP contribution is 2.29. The van der Waals surface area contributed by atoms with Gasteiger partial charge in [-0.3, -0.25) is 0 Å². The molecule has 3 aromatic carbocycles. The summed E-state index contributed by atoms with van der Waals surface area (Å²) in [5.74, 6) is 1.79. The molecule has 35 heavy (non-hydrogen) atoms. The van der Waals surface area contributed by atoms with Crippen LogP contribution in [-0.4, -0.2) is 43.0 Å². The summed E-state index contributed by atoms with van der Waals surface area (Å²) in [6.07, 6.45) is 0. The maximum atomic E-state index is 12.9. The summed E-state index contributed by atoms with van der Waals surface area (Å²) in [4.78, 5) is 19.8. The maximum Gasteiger partial charge on any atom is 0.323 e. The van der Waals surface area contributed by atoms with Crippen LogP contribution in [0.2, 0.25) is 0 Å². The van der Waals surface area contributed by atoms with Crippen LogP contribution in [0.4, 0.5) is 21.9 Å². The fourth-order valence-electron chi connectivity index (χ4n) is 3.80. The Morgan fingerprint density at radius 2 is 1.60 bits per heavy atom. The highest BCUT2D eigenvalue weighted by Gasteiger charge is 2.12. The molecule has 1 heterocycles. The van der Waals surface area contributed by atoms with E-state index in [-0.39, 0.29) is 6.03 Å². The Morgan fingerprint density at radius 1 is 0.914 bits per heavy atom. The van der Waals surface area contributed by atoms with Gasteiger partial charge in [0.25, 0.3) is 0 Å². The number of rotatable bonds is 9. The molecule has 0 spiro atoms. The number of nitrogens with one attached hydrogen (secondary N) is 2. The van der Waals surface area contributed by atoms with Crippen molar-refractivity contribution in [2.75, 3.05) is 47.5 Å². The van der Waals surface area contributed by atoms with Crippen LogP contribution in [0, 0.1) is 0 Å². The Bertz CT molecular complexity index is 1270. The largest absolute Gasteiger partial charge is 0.497 e. The van der Waals surface area contributed by atoms with E-state index in [2.05, 4.69) is 15.5 Å². The number of halogens is 2. The van der Waals surface area contributed by atoms with E-state index in [0.29, 0.717) is 36.2 Å². The summed E-state index contributed by atoms with van der Waals surface area (Å²) in [6, 6.07) is 24.5. The monoisotopic (exact) mass is 508 g/mol. The first kappa shape index (κ1) is 24.6. The molecule has 0 unspecified atom stereocenters. The predicted octanol–water partition coefficient (Wildman–Crippen LogP) is 6.84. The molecule has 0 fully saturated rings. The summed E-state index contributed by atoms with van der Waals surface area (Å²) in [7, 11) is 1.63. The first-order valence-corrected chi connectivity index (χ1v) is 12.3. The molecule has 0 aliphatic carbocycles. The molecule has 0 saturated carbocycles. The van der Waals surface area contributed by atoms with E-state index in [4.69, 9.17) is 32.9 Å². The summed E-state index contributed by atoms with van der Waals surface area (Å²) in [6.45, 7) is 1.40. The topological polar surface area (TPSA) is 66.5 Å². The van der Waals surface area contributed by atoms with Gasteiger partial charge in [-0.1, -0.05) is 18.2 Å². The normalized spacial score (nSPS) is 10.7. The number of benzene rings is 3. The number of hydrogen-bond donors (Lipinski definition) is 2. The molecular formula is C27H26Cl2N4O2. The molecule has 0 radical (unpaired) electrons. The molecule has 180 valence electrons. The number of ether oxygens (including phenoxy) is 1. The minimum atomic E-state index is -0.340. The zero-order valence-corrected chi connectivity index (χ0v) is 20.8. The summed E-state index contributed by atoms with van der Waals surface area (Å²) >= 11 is 11.8. The number of urea groups is 1. The Kier molecular flexibility index (Phi) is 8.29. The van der Waals surface area contributed by atoms with Crippen LogP contribution in [0.5, 0.6) is 5.75 Å². The molecule has 0 aliphatic rings. The lowest BCUT2D eigenvalue weighted by molar-refractivity contribution is 0.262. The second-order valence-electron chi connectivity index (χ2n) is 7.79. The number of pyridine rings is 1. The molecule has 1 aromatic heterocycles. The van der Waals surface area contributed by atoms with E-state index < -0.39 is 0 Å². The third kappa shape index (κ3) is 6.15. The van der Waals surface area contributed by atoms with Crippen LogP contribution in [0.3, 0.4) is 0 Å². The fraction of sp³-hybridized carbons (Fsp3) is 0.185. The van der Waals surface area contributed by atoms with Crippen molar-refractivity contribution in [3.63, 3.8) is 0 Å². The second kappa shape index (κ2) is 11.8.